The Morgan fingerprint density at radius 3 is 2.82 bits per heavy atom. The van der Waals surface area contributed by atoms with E-state index < -0.39 is 0 Å². The van der Waals surface area contributed by atoms with Crippen molar-refractivity contribution in [1.82, 2.24) is 5.43 Å². The Bertz CT molecular complexity index is 393. The minimum absolute atomic E-state index is 0.320. The maximum Gasteiger partial charge on any atom is 0.0313 e. The SMILES string of the molecule is CC#CCCC(CSc1ccccc1C)NN. The number of rotatable bonds is 6. The van der Waals surface area contributed by atoms with Gasteiger partial charge in [-0.1, -0.05) is 18.2 Å². The zero-order chi connectivity index (χ0) is 12.5. The molecular formula is C14H20N2S. The van der Waals surface area contributed by atoms with Crippen LogP contribution in [0.1, 0.15) is 25.3 Å². The number of thioether (sulfide) groups is 1. The molecule has 0 aliphatic carbocycles. The highest BCUT2D eigenvalue weighted by molar-refractivity contribution is 7.99. The van der Waals surface area contributed by atoms with Crippen molar-refractivity contribution in [2.45, 2.75) is 37.6 Å². The maximum atomic E-state index is 5.55. The van der Waals surface area contributed by atoms with Crippen LogP contribution in [0.15, 0.2) is 29.2 Å². The van der Waals surface area contributed by atoms with Crippen LogP contribution >= 0.6 is 11.8 Å². The van der Waals surface area contributed by atoms with Crippen LogP contribution in [0.4, 0.5) is 0 Å². The van der Waals surface area contributed by atoms with Crippen LogP contribution in [0.2, 0.25) is 0 Å². The second-order valence-electron chi connectivity index (χ2n) is 3.91. The second kappa shape index (κ2) is 8.19. The van der Waals surface area contributed by atoms with Crippen LogP contribution in [-0.4, -0.2) is 11.8 Å². The number of nitrogens with two attached hydrogens (primary N) is 1. The predicted molar refractivity (Wildman–Crippen MR) is 75.7 cm³/mol. The highest BCUT2D eigenvalue weighted by Gasteiger charge is 2.07. The first-order chi connectivity index (χ1) is 8.27. The number of hydrazine groups is 1. The minimum Gasteiger partial charge on any atom is -0.271 e. The normalized spacial score (nSPS) is 11.7. The molecule has 2 nitrogen and oxygen atoms in total. The number of hydrogen-bond acceptors (Lipinski definition) is 3. The van der Waals surface area contributed by atoms with E-state index in [2.05, 4.69) is 48.5 Å². The molecule has 0 saturated heterocycles. The fraction of sp³-hybridized carbons (Fsp3) is 0.429. The van der Waals surface area contributed by atoms with Gasteiger partial charge in [-0.3, -0.25) is 11.3 Å². The molecule has 1 aromatic carbocycles. The number of nitrogens with one attached hydrogen (secondary N) is 1. The van der Waals surface area contributed by atoms with Crippen molar-refractivity contribution in [3.63, 3.8) is 0 Å². The van der Waals surface area contributed by atoms with Gasteiger partial charge in [0.2, 0.25) is 0 Å². The topological polar surface area (TPSA) is 38.0 Å². The highest BCUT2D eigenvalue weighted by Crippen LogP contribution is 2.23. The van der Waals surface area contributed by atoms with E-state index in [9.17, 15) is 0 Å². The summed E-state index contributed by atoms with van der Waals surface area (Å²) in [6.07, 6.45) is 1.90. The quantitative estimate of drug-likeness (QED) is 0.352. The Morgan fingerprint density at radius 2 is 2.18 bits per heavy atom. The van der Waals surface area contributed by atoms with Crippen LogP contribution in [0, 0.1) is 18.8 Å². The lowest BCUT2D eigenvalue weighted by Crippen LogP contribution is -2.36. The molecule has 1 rings (SSSR count). The molecule has 0 saturated carbocycles. The monoisotopic (exact) mass is 248 g/mol. The molecule has 0 fully saturated rings. The van der Waals surface area contributed by atoms with E-state index in [4.69, 9.17) is 5.84 Å². The lowest BCUT2D eigenvalue weighted by molar-refractivity contribution is 0.547. The molecule has 92 valence electrons. The van der Waals surface area contributed by atoms with Crippen molar-refractivity contribution in [3.05, 3.63) is 29.8 Å². The van der Waals surface area contributed by atoms with E-state index in [0.29, 0.717) is 6.04 Å². The molecule has 1 unspecified atom stereocenters. The van der Waals surface area contributed by atoms with Gasteiger partial charge in [-0.2, -0.15) is 0 Å². The number of benzene rings is 1. The largest absolute Gasteiger partial charge is 0.271 e. The van der Waals surface area contributed by atoms with Gasteiger partial charge in [0, 0.05) is 23.1 Å². The first-order valence-corrected chi connectivity index (χ1v) is 6.80. The van der Waals surface area contributed by atoms with E-state index in [0.717, 1.165) is 18.6 Å². The predicted octanol–water partition coefficient (Wildman–Crippen LogP) is 2.72. The highest BCUT2D eigenvalue weighted by atomic mass is 32.2. The average molecular weight is 248 g/mol. The van der Waals surface area contributed by atoms with Crippen LogP contribution in [0.5, 0.6) is 0 Å². The van der Waals surface area contributed by atoms with E-state index in [-0.39, 0.29) is 0 Å². The molecule has 3 heteroatoms. The third-order valence-electron chi connectivity index (χ3n) is 2.56. The molecule has 0 aromatic heterocycles. The average Bonchev–Trinajstić information content (AvgIpc) is 2.35. The van der Waals surface area contributed by atoms with Crippen molar-refractivity contribution in [1.29, 1.82) is 0 Å². The Labute approximate surface area is 108 Å². The fourth-order valence-electron chi connectivity index (χ4n) is 1.49. The first-order valence-electron chi connectivity index (χ1n) is 5.82. The van der Waals surface area contributed by atoms with Crippen LogP contribution < -0.4 is 11.3 Å². The molecule has 0 aliphatic heterocycles. The molecule has 0 radical (unpaired) electrons. The van der Waals surface area contributed by atoms with E-state index in [1.165, 1.54) is 10.5 Å². The summed E-state index contributed by atoms with van der Waals surface area (Å²) in [7, 11) is 0. The van der Waals surface area contributed by atoms with Gasteiger partial charge in [-0.25, -0.2) is 0 Å². The van der Waals surface area contributed by atoms with Crippen molar-refractivity contribution < 1.29 is 0 Å². The van der Waals surface area contributed by atoms with Gasteiger partial charge in [-0.05, 0) is 31.9 Å². The van der Waals surface area contributed by atoms with Crippen molar-refractivity contribution >= 4 is 11.8 Å². The van der Waals surface area contributed by atoms with Gasteiger partial charge in [0.1, 0.15) is 0 Å². The molecule has 3 N–H and O–H groups in total. The summed E-state index contributed by atoms with van der Waals surface area (Å²) >= 11 is 1.85. The van der Waals surface area contributed by atoms with Gasteiger partial charge < -0.3 is 0 Å². The molecule has 17 heavy (non-hydrogen) atoms. The fourth-order valence-corrected chi connectivity index (χ4v) is 2.61. The third-order valence-corrected chi connectivity index (χ3v) is 3.90. The zero-order valence-corrected chi connectivity index (χ0v) is 11.3. The molecule has 1 atom stereocenters. The third kappa shape index (κ3) is 5.27. The molecule has 0 heterocycles. The Hall–Kier alpha value is -0.950. The smallest absolute Gasteiger partial charge is 0.0313 e. The Balaban J connectivity index is 2.41. The molecule has 1 aromatic rings. The van der Waals surface area contributed by atoms with Gasteiger partial charge >= 0.3 is 0 Å². The molecule has 0 aliphatic rings. The molecule has 0 amide bonds. The number of aryl methyl sites for hydroxylation is 1. The Morgan fingerprint density at radius 1 is 1.41 bits per heavy atom. The summed E-state index contributed by atoms with van der Waals surface area (Å²) in [5, 5.41) is 0. The number of hydrogen-bond donors (Lipinski definition) is 2. The van der Waals surface area contributed by atoms with Crippen molar-refractivity contribution in [2.75, 3.05) is 5.75 Å². The van der Waals surface area contributed by atoms with E-state index in [1.54, 1.807) is 0 Å². The van der Waals surface area contributed by atoms with Crippen LogP contribution in [-0.2, 0) is 0 Å². The molecule has 0 bridgehead atoms. The summed E-state index contributed by atoms with van der Waals surface area (Å²) in [6, 6.07) is 8.74. The summed E-state index contributed by atoms with van der Waals surface area (Å²) in [5.41, 5.74) is 4.18. The summed E-state index contributed by atoms with van der Waals surface area (Å²) < 4.78 is 0. The van der Waals surface area contributed by atoms with Gasteiger partial charge in [0.25, 0.3) is 0 Å². The summed E-state index contributed by atoms with van der Waals surface area (Å²) in [5.74, 6) is 12.5. The Kier molecular flexibility index (Phi) is 6.80. The van der Waals surface area contributed by atoms with Gasteiger partial charge in [0.05, 0.1) is 0 Å². The van der Waals surface area contributed by atoms with E-state index in [1.807, 2.05) is 18.7 Å². The molecule has 0 spiro atoms. The summed E-state index contributed by atoms with van der Waals surface area (Å²) in [4.78, 5) is 1.33. The van der Waals surface area contributed by atoms with Crippen LogP contribution in [0.3, 0.4) is 0 Å². The lowest BCUT2D eigenvalue weighted by atomic mass is 10.2. The second-order valence-corrected chi connectivity index (χ2v) is 4.97. The van der Waals surface area contributed by atoms with Gasteiger partial charge in [-0.15, -0.1) is 23.6 Å². The zero-order valence-electron chi connectivity index (χ0n) is 10.5. The minimum atomic E-state index is 0.320. The van der Waals surface area contributed by atoms with Crippen molar-refractivity contribution in [3.8, 4) is 11.8 Å². The first kappa shape index (κ1) is 14.1. The van der Waals surface area contributed by atoms with Crippen LogP contribution in [0.25, 0.3) is 0 Å². The van der Waals surface area contributed by atoms with Crippen molar-refractivity contribution in [2.24, 2.45) is 5.84 Å². The lowest BCUT2D eigenvalue weighted by Gasteiger charge is -2.14. The molecular weight excluding hydrogens is 228 g/mol. The van der Waals surface area contributed by atoms with Gasteiger partial charge in [0.15, 0.2) is 0 Å². The standard InChI is InChI=1S/C14H20N2S/c1-3-4-5-9-13(16-15)11-17-14-10-7-6-8-12(14)2/h6-8,10,13,16H,5,9,11,15H2,1-2H3. The maximum absolute atomic E-state index is 5.55. The van der Waals surface area contributed by atoms with E-state index >= 15 is 0 Å². The summed E-state index contributed by atoms with van der Waals surface area (Å²) in [6.45, 7) is 4.00.